The number of H-pyrrole nitrogens is 1. The summed E-state index contributed by atoms with van der Waals surface area (Å²) >= 11 is 0. The molecule has 2 atom stereocenters. The van der Waals surface area contributed by atoms with Crippen molar-refractivity contribution in [3.63, 3.8) is 0 Å². The van der Waals surface area contributed by atoms with E-state index in [4.69, 9.17) is 5.73 Å². The quantitative estimate of drug-likeness (QED) is 0.509. The Labute approximate surface area is 95.2 Å². The van der Waals surface area contributed by atoms with Gasteiger partial charge in [0.2, 0.25) is 5.95 Å². The van der Waals surface area contributed by atoms with E-state index in [0.29, 0.717) is 0 Å². The highest BCUT2D eigenvalue weighted by molar-refractivity contribution is 5.69. The molecule has 2 heterocycles. The molecule has 5 N–H and O–H groups in total. The lowest BCUT2D eigenvalue weighted by molar-refractivity contribution is 0.0278. The molecule has 8 heteroatoms. The number of hydrogen-bond donors (Lipinski definition) is 4. The molecule has 0 aromatic carbocycles. The minimum absolute atomic E-state index is 0.0285. The second-order valence-corrected chi connectivity index (χ2v) is 3.60. The number of nitrogen functional groups attached to an aromatic ring is 1. The lowest BCUT2D eigenvalue weighted by atomic mass is 10.2. The van der Waals surface area contributed by atoms with Gasteiger partial charge in [0, 0.05) is 0 Å². The molecule has 0 radical (unpaired) electrons. The summed E-state index contributed by atoms with van der Waals surface area (Å²) in [4.78, 5) is 25.3. The van der Waals surface area contributed by atoms with Crippen molar-refractivity contribution in [2.45, 2.75) is 19.1 Å². The van der Waals surface area contributed by atoms with Crippen LogP contribution in [-0.4, -0.2) is 36.3 Å². The Kier molecular flexibility index (Phi) is 2.74. The molecule has 8 nitrogen and oxygen atoms in total. The first-order chi connectivity index (χ1) is 7.99. The van der Waals surface area contributed by atoms with Gasteiger partial charge in [-0.2, -0.15) is 4.98 Å². The van der Waals surface area contributed by atoms with Gasteiger partial charge in [-0.05, 0) is 6.92 Å². The largest absolute Gasteiger partial charge is 0.390 e. The maximum absolute atomic E-state index is 11.4. The normalized spacial score (nSPS) is 14.8. The van der Waals surface area contributed by atoms with E-state index in [1.54, 1.807) is 0 Å². The van der Waals surface area contributed by atoms with Crippen LogP contribution >= 0.6 is 0 Å². The molecule has 0 unspecified atom stereocenters. The van der Waals surface area contributed by atoms with Gasteiger partial charge in [0.05, 0.1) is 18.0 Å². The maximum Gasteiger partial charge on any atom is 0.280 e. The number of nitrogens with two attached hydrogens (primary N) is 1. The fourth-order valence-electron chi connectivity index (χ4n) is 1.34. The summed E-state index contributed by atoms with van der Waals surface area (Å²) in [5.41, 5.74) is 5.05. The second-order valence-electron chi connectivity index (χ2n) is 3.60. The molecule has 0 saturated heterocycles. The van der Waals surface area contributed by atoms with Crippen LogP contribution in [0.25, 0.3) is 11.2 Å². The van der Waals surface area contributed by atoms with E-state index >= 15 is 0 Å². The summed E-state index contributed by atoms with van der Waals surface area (Å²) in [7, 11) is 0. The fraction of sp³-hybridized carbons (Fsp3) is 0.333. The van der Waals surface area contributed by atoms with Gasteiger partial charge in [0.25, 0.3) is 5.56 Å². The molecule has 0 fully saturated rings. The summed E-state index contributed by atoms with van der Waals surface area (Å²) in [6.45, 7) is 1.41. The highest BCUT2D eigenvalue weighted by atomic mass is 16.3. The number of aromatic nitrogens is 4. The van der Waals surface area contributed by atoms with E-state index in [2.05, 4.69) is 19.9 Å². The molecular weight excluding hydrogens is 226 g/mol. The Bertz CT molecular complexity index is 609. The Morgan fingerprint density at radius 3 is 2.76 bits per heavy atom. The number of rotatable bonds is 2. The topological polar surface area (TPSA) is 138 Å². The zero-order valence-corrected chi connectivity index (χ0v) is 8.95. The van der Waals surface area contributed by atoms with E-state index in [1.165, 1.54) is 13.1 Å². The van der Waals surface area contributed by atoms with Gasteiger partial charge >= 0.3 is 0 Å². The van der Waals surface area contributed by atoms with Gasteiger partial charge in [-0.3, -0.25) is 9.78 Å². The molecule has 0 aliphatic carbocycles. The van der Waals surface area contributed by atoms with Crippen molar-refractivity contribution < 1.29 is 10.2 Å². The number of aliphatic hydroxyl groups is 2. The third-order valence-electron chi connectivity index (χ3n) is 2.22. The summed E-state index contributed by atoms with van der Waals surface area (Å²) in [6, 6.07) is 0. The molecule has 0 saturated carbocycles. The van der Waals surface area contributed by atoms with Crippen LogP contribution in [0.3, 0.4) is 0 Å². The lowest BCUT2D eigenvalue weighted by Crippen LogP contribution is -2.18. The van der Waals surface area contributed by atoms with Crippen molar-refractivity contribution in [3.05, 3.63) is 22.2 Å². The Hall–Kier alpha value is -2.06. The summed E-state index contributed by atoms with van der Waals surface area (Å²) in [5, 5.41) is 18.8. The smallest absolute Gasteiger partial charge is 0.280 e. The van der Waals surface area contributed by atoms with Crippen LogP contribution in [0.4, 0.5) is 5.95 Å². The number of fused-ring (bicyclic) bond motifs is 1. The van der Waals surface area contributed by atoms with Crippen LogP contribution in [0.15, 0.2) is 11.0 Å². The van der Waals surface area contributed by atoms with Gasteiger partial charge in [-0.25, -0.2) is 9.97 Å². The number of anilines is 1. The molecule has 2 aromatic rings. The van der Waals surface area contributed by atoms with Crippen LogP contribution < -0.4 is 11.3 Å². The number of aliphatic hydroxyl groups excluding tert-OH is 2. The minimum Gasteiger partial charge on any atom is -0.390 e. The fourth-order valence-corrected chi connectivity index (χ4v) is 1.34. The molecule has 2 rings (SSSR count). The Morgan fingerprint density at radius 1 is 1.41 bits per heavy atom. The Balaban J connectivity index is 2.62. The second kappa shape index (κ2) is 4.07. The van der Waals surface area contributed by atoms with Crippen molar-refractivity contribution in [1.29, 1.82) is 0 Å². The zero-order chi connectivity index (χ0) is 12.6. The van der Waals surface area contributed by atoms with E-state index in [-0.39, 0.29) is 22.8 Å². The van der Waals surface area contributed by atoms with Gasteiger partial charge in [0.1, 0.15) is 6.10 Å². The summed E-state index contributed by atoms with van der Waals surface area (Å²) < 4.78 is 0. The van der Waals surface area contributed by atoms with Gasteiger partial charge in [-0.1, -0.05) is 0 Å². The third-order valence-corrected chi connectivity index (χ3v) is 2.22. The standard InChI is InChI=1S/C9H11N5O3/c1-3(15)6(16)4-2-11-5-7(12-4)13-9(10)14-8(5)17/h2-3,6,15-16H,1H3,(H3,10,12,13,14,17)/t3-,6+/m0/s1. The SMILES string of the molecule is C[C@H](O)[C@@H](O)c1cnc2c(=O)[nH]c(N)nc2n1. The predicted octanol–water partition coefficient (Wildman–Crippen LogP) is -1.29. The van der Waals surface area contributed by atoms with Crippen molar-refractivity contribution in [1.82, 2.24) is 19.9 Å². The molecule has 90 valence electrons. The number of nitrogens with zero attached hydrogens (tertiary/aromatic N) is 3. The van der Waals surface area contributed by atoms with Crippen molar-refractivity contribution in [3.8, 4) is 0 Å². The predicted molar refractivity (Wildman–Crippen MR) is 59.0 cm³/mol. The minimum atomic E-state index is -1.19. The first kappa shape index (κ1) is 11.4. The maximum atomic E-state index is 11.4. The van der Waals surface area contributed by atoms with Crippen LogP contribution in [0.1, 0.15) is 18.7 Å². The monoisotopic (exact) mass is 237 g/mol. The van der Waals surface area contributed by atoms with Crippen molar-refractivity contribution in [2.24, 2.45) is 0 Å². The van der Waals surface area contributed by atoms with Crippen LogP contribution in [0.2, 0.25) is 0 Å². The highest BCUT2D eigenvalue weighted by Crippen LogP contribution is 2.14. The molecule has 0 bridgehead atoms. The molecule has 2 aromatic heterocycles. The average molecular weight is 237 g/mol. The number of nitrogens with one attached hydrogen (secondary N) is 1. The van der Waals surface area contributed by atoms with Crippen LogP contribution in [-0.2, 0) is 0 Å². The summed E-state index contributed by atoms with van der Waals surface area (Å²) in [5.74, 6) is -0.0829. The third kappa shape index (κ3) is 2.08. The van der Waals surface area contributed by atoms with Crippen LogP contribution in [0.5, 0.6) is 0 Å². The van der Waals surface area contributed by atoms with E-state index < -0.39 is 17.8 Å². The van der Waals surface area contributed by atoms with Crippen LogP contribution in [0, 0.1) is 0 Å². The van der Waals surface area contributed by atoms with Gasteiger partial charge in [0.15, 0.2) is 11.2 Å². The molecular formula is C9H11N5O3. The van der Waals surface area contributed by atoms with E-state index in [1.807, 2.05) is 0 Å². The Morgan fingerprint density at radius 2 is 2.12 bits per heavy atom. The number of hydrogen-bond acceptors (Lipinski definition) is 7. The molecule has 0 aliphatic rings. The molecule has 0 amide bonds. The highest BCUT2D eigenvalue weighted by Gasteiger charge is 2.17. The first-order valence-corrected chi connectivity index (χ1v) is 4.87. The van der Waals surface area contributed by atoms with Crippen molar-refractivity contribution in [2.75, 3.05) is 5.73 Å². The van der Waals surface area contributed by atoms with Gasteiger partial charge < -0.3 is 15.9 Å². The van der Waals surface area contributed by atoms with E-state index in [9.17, 15) is 15.0 Å². The first-order valence-electron chi connectivity index (χ1n) is 4.87. The average Bonchev–Trinajstić information content (AvgIpc) is 2.26. The summed E-state index contributed by atoms with van der Waals surface area (Å²) in [6.07, 6.45) is -0.970. The van der Waals surface area contributed by atoms with Crippen molar-refractivity contribution >= 4 is 17.1 Å². The molecule has 0 spiro atoms. The zero-order valence-electron chi connectivity index (χ0n) is 8.95. The lowest BCUT2D eigenvalue weighted by Gasteiger charge is -2.12. The molecule has 17 heavy (non-hydrogen) atoms. The van der Waals surface area contributed by atoms with Gasteiger partial charge in [-0.15, -0.1) is 0 Å². The number of aromatic amines is 1. The molecule has 0 aliphatic heterocycles. The van der Waals surface area contributed by atoms with E-state index in [0.717, 1.165) is 0 Å².